The number of nitrogens with zero attached hydrogens (tertiary/aromatic N) is 2. The lowest BCUT2D eigenvalue weighted by atomic mass is 9.95. The molecule has 236 valence electrons. The smallest absolute Gasteiger partial charge is 0.343 e. The molecule has 0 saturated carbocycles. The number of halogens is 1. The summed E-state index contributed by atoms with van der Waals surface area (Å²) in [4.78, 5) is 44.1. The molecule has 1 atom stereocenters. The van der Waals surface area contributed by atoms with E-state index in [1.165, 1.54) is 30.1 Å². The maximum absolute atomic E-state index is 14.1. The molecule has 1 aliphatic rings. The molecule has 0 fully saturated rings. The molecule has 4 rings (SSSR count). The highest BCUT2D eigenvalue weighted by Gasteiger charge is 2.34. The first-order valence-corrected chi connectivity index (χ1v) is 15.4. The number of rotatable bonds is 12. The molecule has 1 aromatic heterocycles. The van der Waals surface area contributed by atoms with Crippen molar-refractivity contribution in [3.63, 3.8) is 0 Å². The largest absolute Gasteiger partial charge is 0.493 e. The number of thiazole rings is 1. The Morgan fingerprint density at radius 1 is 1.09 bits per heavy atom. The molecule has 0 aliphatic carbocycles. The SMILES string of the molecule is C#CCOc1c(Br)cc(/C=c2\sc3n(c2=O)[C@H](c2ccc(OCC(=O)OC)c(OCC)c2)C(C(=O)OCC)=C(C)N=3)cc1OC. The summed E-state index contributed by atoms with van der Waals surface area (Å²) in [6.07, 6.45) is 7.05. The number of carbonyl (C=O) groups excluding carboxylic acids is 2. The predicted octanol–water partition coefficient (Wildman–Crippen LogP) is 3.53. The number of ether oxygens (including phenoxy) is 6. The normalized spacial score (nSPS) is 14.2. The molecule has 1 aliphatic heterocycles. The highest BCUT2D eigenvalue weighted by molar-refractivity contribution is 9.10. The number of allylic oxidation sites excluding steroid dienone is 1. The average Bonchev–Trinajstić information content (AvgIpc) is 3.32. The number of methoxy groups -OCH3 is 2. The Hall–Kier alpha value is -4.54. The van der Waals surface area contributed by atoms with Gasteiger partial charge in [0.15, 0.2) is 34.4 Å². The van der Waals surface area contributed by atoms with E-state index >= 15 is 0 Å². The van der Waals surface area contributed by atoms with Gasteiger partial charge in [0.1, 0.15) is 6.61 Å². The zero-order valence-electron chi connectivity index (χ0n) is 25.3. The van der Waals surface area contributed by atoms with E-state index in [0.717, 1.165) is 0 Å². The first-order chi connectivity index (χ1) is 21.7. The molecule has 0 saturated heterocycles. The van der Waals surface area contributed by atoms with Crippen molar-refractivity contribution < 1.29 is 38.0 Å². The molecular formula is C32H31BrN2O9S. The van der Waals surface area contributed by atoms with Crippen LogP contribution in [-0.2, 0) is 19.1 Å². The summed E-state index contributed by atoms with van der Waals surface area (Å²) in [5.41, 5.74) is 1.45. The summed E-state index contributed by atoms with van der Waals surface area (Å²) in [6, 6.07) is 7.60. The molecule has 0 radical (unpaired) electrons. The van der Waals surface area contributed by atoms with Gasteiger partial charge in [0, 0.05) is 0 Å². The molecular weight excluding hydrogens is 668 g/mol. The van der Waals surface area contributed by atoms with Crippen LogP contribution in [0.3, 0.4) is 0 Å². The molecule has 2 heterocycles. The highest BCUT2D eigenvalue weighted by Crippen LogP contribution is 2.38. The second kappa shape index (κ2) is 15.0. The molecule has 3 aromatic rings. The topological polar surface area (TPSA) is 124 Å². The Labute approximate surface area is 271 Å². The van der Waals surface area contributed by atoms with E-state index in [2.05, 4.69) is 31.6 Å². The van der Waals surface area contributed by atoms with Crippen molar-refractivity contribution in [1.29, 1.82) is 0 Å². The molecule has 0 N–H and O–H groups in total. The number of aromatic nitrogens is 1. The number of carbonyl (C=O) groups is 2. The Balaban J connectivity index is 1.89. The lowest BCUT2D eigenvalue weighted by molar-refractivity contribution is -0.143. The van der Waals surface area contributed by atoms with E-state index in [-0.39, 0.29) is 31.0 Å². The van der Waals surface area contributed by atoms with Gasteiger partial charge in [0.05, 0.1) is 53.8 Å². The van der Waals surface area contributed by atoms with Crippen LogP contribution in [0.1, 0.15) is 37.9 Å². The fourth-order valence-corrected chi connectivity index (χ4v) is 6.23. The van der Waals surface area contributed by atoms with Crippen LogP contribution in [0.15, 0.2) is 55.9 Å². The van der Waals surface area contributed by atoms with E-state index in [0.29, 0.717) is 60.2 Å². The van der Waals surface area contributed by atoms with Crippen LogP contribution in [0.5, 0.6) is 23.0 Å². The maximum Gasteiger partial charge on any atom is 0.343 e. The van der Waals surface area contributed by atoms with Gasteiger partial charge in [-0.2, -0.15) is 0 Å². The minimum atomic E-state index is -0.892. The summed E-state index contributed by atoms with van der Waals surface area (Å²) in [5, 5.41) is 0. The second-order valence-corrected chi connectivity index (χ2v) is 11.2. The molecule has 0 unspecified atom stereocenters. The van der Waals surface area contributed by atoms with E-state index in [9.17, 15) is 14.4 Å². The number of hydrogen-bond donors (Lipinski definition) is 0. The third kappa shape index (κ3) is 7.24. The van der Waals surface area contributed by atoms with Crippen LogP contribution in [0.2, 0.25) is 0 Å². The van der Waals surface area contributed by atoms with Crippen molar-refractivity contribution in [2.45, 2.75) is 26.8 Å². The molecule has 0 amide bonds. The molecule has 0 spiro atoms. The molecule has 45 heavy (non-hydrogen) atoms. The minimum absolute atomic E-state index is 0.0540. The van der Waals surface area contributed by atoms with Gasteiger partial charge in [-0.15, -0.1) is 6.42 Å². The molecule has 13 heteroatoms. The van der Waals surface area contributed by atoms with Gasteiger partial charge in [0.2, 0.25) is 0 Å². The van der Waals surface area contributed by atoms with Crippen molar-refractivity contribution in [1.82, 2.24) is 4.57 Å². The zero-order valence-corrected chi connectivity index (χ0v) is 27.7. The van der Waals surface area contributed by atoms with E-state index in [1.54, 1.807) is 57.2 Å². The van der Waals surface area contributed by atoms with Crippen molar-refractivity contribution in [2.24, 2.45) is 4.99 Å². The van der Waals surface area contributed by atoms with Crippen molar-refractivity contribution in [2.75, 3.05) is 40.6 Å². The fourth-order valence-electron chi connectivity index (χ4n) is 4.61. The van der Waals surface area contributed by atoms with Gasteiger partial charge in [-0.3, -0.25) is 9.36 Å². The fraction of sp³-hybridized carbons (Fsp3) is 0.312. The lowest BCUT2D eigenvalue weighted by Gasteiger charge is -2.25. The van der Waals surface area contributed by atoms with Gasteiger partial charge in [-0.1, -0.05) is 23.3 Å². The Kier molecular flexibility index (Phi) is 11.1. The van der Waals surface area contributed by atoms with Gasteiger partial charge < -0.3 is 28.4 Å². The van der Waals surface area contributed by atoms with Gasteiger partial charge in [-0.25, -0.2) is 14.6 Å². The van der Waals surface area contributed by atoms with Crippen LogP contribution in [0.4, 0.5) is 0 Å². The summed E-state index contributed by atoms with van der Waals surface area (Å²) < 4.78 is 35.0. The monoisotopic (exact) mass is 698 g/mol. The zero-order chi connectivity index (χ0) is 32.7. The lowest BCUT2D eigenvalue weighted by Crippen LogP contribution is -2.40. The van der Waals surface area contributed by atoms with Gasteiger partial charge >= 0.3 is 11.9 Å². The average molecular weight is 700 g/mol. The number of esters is 2. The highest BCUT2D eigenvalue weighted by atomic mass is 79.9. The predicted molar refractivity (Wildman–Crippen MR) is 171 cm³/mol. The standard InChI is InChI=1S/C32H31BrN2O9S/c1-7-12-43-29-21(33)13-19(14-24(29)39-5)15-25-30(37)35-28(27(31(38)42-9-3)18(4)34-32(35)45-25)20-10-11-22(23(16-20)41-8-2)44-17-26(36)40-6/h1,10-11,13-16,28H,8-9,12,17H2,2-6H3/b25-15-/t28-/m1/s1. The van der Waals surface area contributed by atoms with Crippen LogP contribution in [0.25, 0.3) is 6.08 Å². The van der Waals surface area contributed by atoms with Gasteiger partial charge in [0.25, 0.3) is 5.56 Å². The summed E-state index contributed by atoms with van der Waals surface area (Å²) in [7, 11) is 2.77. The number of benzene rings is 2. The van der Waals surface area contributed by atoms with Crippen molar-refractivity contribution >= 4 is 45.3 Å². The third-order valence-corrected chi connectivity index (χ3v) is 8.09. The van der Waals surface area contributed by atoms with Gasteiger partial charge in [-0.05, 0) is 78.2 Å². The van der Waals surface area contributed by atoms with Crippen molar-refractivity contribution in [3.8, 4) is 35.3 Å². The quantitative estimate of drug-likeness (QED) is 0.206. The number of hydrogen-bond acceptors (Lipinski definition) is 11. The Morgan fingerprint density at radius 3 is 2.53 bits per heavy atom. The van der Waals surface area contributed by atoms with Crippen LogP contribution in [0, 0.1) is 12.3 Å². The summed E-state index contributed by atoms with van der Waals surface area (Å²) in [5.74, 6) is 2.75. The van der Waals surface area contributed by atoms with E-state index in [1.807, 2.05) is 0 Å². The number of terminal acetylenes is 1. The number of fused-ring (bicyclic) bond motifs is 1. The summed E-state index contributed by atoms with van der Waals surface area (Å²) in [6.45, 7) is 5.36. The molecule has 2 aromatic carbocycles. The van der Waals surface area contributed by atoms with Crippen LogP contribution < -0.4 is 33.8 Å². The molecule has 11 nitrogen and oxygen atoms in total. The van der Waals surface area contributed by atoms with Crippen molar-refractivity contribution in [3.05, 3.63) is 76.9 Å². The molecule has 0 bridgehead atoms. The van der Waals surface area contributed by atoms with Crippen LogP contribution >= 0.6 is 27.3 Å². The first kappa shape index (κ1) is 33.4. The first-order valence-electron chi connectivity index (χ1n) is 13.8. The Morgan fingerprint density at radius 2 is 1.87 bits per heavy atom. The van der Waals surface area contributed by atoms with E-state index in [4.69, 9.17) is 30.1 Å². The Bertz CT molecular complexity index is 1870. The third-order valence-electron chi connectivity index (χ3n) is 6.52. The maximum atomic E-state index is 14.1. The van der Waals surface area contributed by atoms with E-state index < -0.39 is 18.0 Å². The summed E-state index contributed by atoms with van der Waals surface area (Å²) >= 11 is 4.67. The second-order valence-electron chi connectivity index (χ2n) is 9.33. The van der Waals surface area contributed by atoms with Crippen LogP contribution in [-0.4, -0.2) is 57.2 Å². The minimum Gasteiger partial charge on any atom is -0.493 e.